The maximum absolute atomic E-state index is 5.42. The number of imidazole rings is 1. The Kier molecular flexibility index (Phi) is 3.86. The van der Waals surface area contributed by atoms with E-state index < -0.39 is 0 Å². The molecule has 0 amide bonds. The first kappa shape index (κ1) is 16.0. The lowest BCUT2D eigenvalue weighted by atomic mass is 9.90. The van der Waals surface area contributed by atoms with Gasteiger partial charge in [0.15, 0.2) is 5.65 Å². The van der Waals surface area contributed by atoms with Crippen molar-refractivity contribution in [2.75, 3.05) is 13.7 Å². The lowest BCUT2D eigenvalue weighted by Gasteiger charge is -2.32. The Balaban J connectivity index is 1.48. The molecule has 4 aromatic rings. The molecular formula is C20H20N6O. The van der Waals surface area contributed by atoms with E-state index in [4.69, 9.17) is 4.74 Å². The van der Waals surface area contributed by atoms with E-state index in [2.05, 4.69) is 43.1 Å². The van der Waals surface area contributed by atoms with Crippen LogP contribution in [0.3, 0.4) is 0 Å². The minimum Gasteiger partial charge on any atom is -0.497 e. The Morgan fingerprint density at radius 2 is 2.11 bits per heavy atom. The molecule has 0 spiro atoms. The van der Waals surface area contributed by atoms with Crippen molar-refractivity contribution < 1.29 is 4.74 Å². The van der Waals surface area contributed by atoms with Crippen molar-refractivity contribution in [3.8, 4) is 5.75 Å². The van der Waals surface area contributed by atoms with Crippen molar-refractivity contribution in [1.82, 2.24) is 29.5 Å². The van der Waals surface area contributed by atoms with Gasteiger partial charge >= 0.3 is 0 Å². The predicted octanol–water partition coefficient (Wildman–Crippen LogP) is 2.61. The molecular weight excluding hydrogens is 340 g/mol. The van der Waals surface area contributed by atoms with Gasteiger partial charge in [-0.1, -0.05) is 18.2 Å². The number of pyridine rings is 1. The molecule has 0 radical (unpaired) electrons. The largest absolute Gasteiger partial charge is 0.497 e. The number of nitrogens with one attached hydrogen (secondary N) is 1. The number of aromatic amines is 1. The molecule has 1 aromatic carbocycles. The molecule has 3 aromatic heterocycles. The lowest BCUT2D eigenvalue weighted by molar-refractivity contribution is 0.223. The highest BCUT2D eigenvalue weighted by atomic mass is 16.5. The van der Waals surface area contributed by atoms with Crippen LogP contribution in [0.2, 0.25) is 0 Å². The van der Waals surface area contributed by atoms with Gasteiger partial charge in [-0.3, -0.25) is 4.90 Å². The number of fused-ring (bicyclic) bond motifs is 2. The van der Waals surface area contributed by atoms with E-state index in [1.54, 1.807) is 19.8 Å². The normalized spacial score (nSPS) is 17.1. The highest BCUT2D eigenvalue weighted by Crippen LogP contribution is 2.33. The van der Waals surface area contributed by atoms with E-state index >= 15 is 0 Å². The Bertz CT molecular complexity index is 1080. The molecule has 27 heavy (non-hydrogen) atoms. The number of aromatic nitrogens is 5. The molecule has 0 saturated carbocycles. The zero-order chi connectivity index (χ0) is 18.2. The molecule has 1 unspecified atom stereocenters. The molecule has 7 nitrogen and oxygen atoms in total. The quantitative estimate of drug-likeness (QED) is 0.606. The van der Waals surface area contributed by atoms with Crippen LogP contribution in [0.1, 0.15) is 28.6 Å². The fourth-order valence-electron chi connectivity index (χ4n) is 3.88. The van der Waals surface area contributed by atoms with Crippen LogP contribution in [0, 0.1) is 0 Å². The molecule has 0 aliphatic carbocycles. The molecule has 0 fully saturated rings. The van der Waals surface area contributed by atoms with Crippen molar-refractivity contribution >= 4 is 5.65 Å². The molecule has 4 heterocycles. The summed E-state index contributed by atoms with van der Waals surface area (Å²) in [6, 6.07) is 14.4. The average molecular weight is 360 g/mol. The summed E-state index contributed by atoms with van der Waals surface area (Å²) >= 11 is 0. The van der Waals surface area contributed by atoms with Gasteiger partial charge in [0.2, 0.25) is 0 Å². The Hall–Kier alpha value is -3.19. The first-order valence-corrected chi connectivity index (χ1v) is 8.98. The monoisotopic (exact) mass is 360 g/mol. The van der Waals surface area contributed by atoms with Gasteiger partial charge in [-0.2, -0.15) is 5.10 Å². The summed E-state index contributed by atoms with van der Waals surface area (Å²) in [6.07, 6.45) is 3.39. The highest BCUT2D eigenvalue weighted by molar-refractivity contribution is 5.39. The van der Waals surface area contributed by atoms with Gasteiger partial charge in [0, 0.05) is 25.6 Å². The van der Waals surface area contributed by atoms with Gasteiger partial charge in [0.05, 0.1) is 30.5 Å². The van der Waals surface area contributed by atoms with Crippen LogP contribution in [0.25, 0.3) is 5.65 Å². The molecule has 1 N–H and O–H groups in total. The van der Waals surface area contributed by atoms with Gasteiger partial charge in [-0.25, -0.2) is 14.5 Å². The Labute approximate surface area is 156 Å². The summed E-state index contributed by atoms with van der Waals surface area (Å²) < 4.78 is 7.32. The van der Waals surface area contributed by atoms with Crippen molar-refractivity contribution in [3.63, 3.8) is 0 Å². The van der Waals surface area contributed by atoms with Crippen molar-refractivity contribution in [3.05, 3.63) is 77.8 Å². The number of nitrogens with zero attached hydrogens (tertiary/aromatic N) is 5. The lowest BCUT2D eigenvalue weighted by Crippen LogP contribution is -2.34. The SMILES string of the molecule is COc1cccc(C2CN(Cc3cccc4ncnn34)Cc3[nH]cnc32)c1. The van der Waals surface area contributed by atoms with E-state index in [9.17, 15) is 0 Å². The minimum absolute atomic E-state index is 0.199. The van der Waals surface area contributed by atoms with E-state index in [1.165, 1.54) is 11.3 Å². The second-order valence-corrected chi connectivity index (χ2v) is 6.81. The summed E-state index contributed by atoms with van der Waals surface area (Å²) in [5, 5.41) is 4.36. The molecule has 1 atom stereocenters. The van der Waals surface area contributed by atoms with Gasteiger partial charge in [0.25, 0.3) is 0 Å². The number of benzene rings is 1. The Morgan fingerprint density at radius 1 is 1.19 bits per heavy atom. The summed E-state index contributed by atoms with van der Waals surface area (Å²) in [5.41, 5.74) is 5.50. The first-order chi connectivity index (χ1) is 13.3. The van der Waals surface area contributed by atoms with Gasteiger partial charge in [-0.15, -0.1) is 0 Å². The van der Waals surface area contributed by atoms with Crippen molar-refractivity contribution in [2.24, 2.45) is 0 Å². The van der Waals surface area contributed by atoms with E-state index in [1.807, 2.05) is 28.8 Å². The standard InChI is InChI=1S/C20H20N6O/c1-27-16-6-2-4-14(8-16)17-10-25(11-18-20(17)23-12-21-18)9-15-5-3-7-19-22-13-24-26(15)19/h2-8,12-13,17H,9-11H2,1H3,(H,21,23). The molecule has 136 valence electrons. The summed E-state index contributed by atoms with van der Waals surface area (Å²) in [6.45, 7) is 2.51. The molecule has 5 rings (SSSR count). The van der Waals surface area contributed by atoms with Crippen molar-refractivity contribution in [1.29, 1.82) is 0 Å². The van der Waals surface area contributed by atoms with Gasteiger partial charge in [-0.05, 0) is 29.8 Å². The van der Waals surface area contributed by atoms with Crippen LogP contribution in [0.15, 0.2) is 55.1 Å². The summed E-state index contributed by atoms with van der Waals surface area (Å²) in [4.78, 5) is 14.6. The number of H-pyrrole nitrogens is 1. The van der Waals surface area contributed by atoms with Gasteiger partial charge < -0.3 is 9.72 Å². The van der Waals surface area contributed by atoms with Crippen LogP contribution >= 0.6 is 0 Å². The number of ether oxygens (including phenoxy) is 1. The zero-order valence-electron chi connectivity index (χ0n) is 15.0. The van der Waals surface area contributed by atoms with Crippen LogP contribution in [-0.2, 0) is 13.1 Å². The fraction of sp³-hybridized carbons (Fsp3) is 0.250. The minimum atomic E-state index is 0.199. The van der Waals surface area contributed by atoms with Crippen LogP contribution in [0.4, 0.5) is 0 Å². The van der Waals surface area contributed by atoms with Crippen LogP contribution < -0.4 is 4.74 Å². The topological polar surface area (TPSA) is 71.3 Å². The third kappa shape index (κ3) is 2.86. The number of rotatable bonds is 4. The average Bonchev–Trinajstić information content (AvgIpc) is 3.37. The van der Waals surface area contributed by atoms with E-state index in [0.29, 0.717) is 0 Å². The molecule has 1 aliphatic heterocycles. The third-order valence-electron chi connectivity index (χ3n) is 5.17. The second-order valence-electron chi connectivity index (χ2n) is 6.81. The predicted molar refractivity (Wildman–Crippen MR) is 101 cm³/mol. The Morgan fingerprint density at radius 3 is 3.04 bits per heavy atom. The van der Waals surface area contributed by atoms with Crippen LogP contribution in [0.5, 0.6) is 5.75 Å². The number of hydrogen-bond donors (Lipinski definition) is 1. The maximum atomic E-state index is 5.42. The molecule has 7 heteroatoms. The van der Waals surface area contributed by atoms with E-state index in [0.717, 1.165) is 42.4 Å². The highest BCUT2D eigenvalue weighted by Gasteiger charge is 2.29. The zero-order valence-corrected chi connectivity index (χ0v) is 15.0. The molecule has 1 aliphatic rings. The van der Waals surface area contributed by atoms with Gasteiger partial charge in [0.1, 0.15) is 12.1 Å². The second kappa shape index (κ2) is 6.51. The smallest absolute Gasteiger partial charge is 0.155 e. The fourth-order valence-corrected chi connectivity index (χ4v) is 3.88. The van der Waals surface area contributed by atoms with Crippen LogP contribution in [-0.4, -0.2) is 43.1 Å². The molecule has 0 saturated heterocycles. The number of methoxy groups -OCH3 is 1. The summed E-state index contributed by atoms with van der Waals surface area (Å²) in [7, 11) is 1.70. The van der Waals surface area contributed by atoms with Crippen molar-refractivity contribution in [2.45, 2.75) is 19.0 Å². The molecule has 0 bridgehead atoms. The maximum Gasteiger partial charge on any atom is 0.155 e. The third-order valence-corrected chi connectivity index (χ3v) is 5.17. The van der Waals surface area contributed by atoms with E-state index in [-0.39, 0.29) is 5.92 Å². The first-order valence-electron chi connectivity index (χ1n) is 8.98. The summed E-state index contributed by atoms with van der Waals surface area (Å²) in [5.74, 6) is 1.07. The number of hydrogen-bond acceptors (Lipinski definition) is 5.